The van der Waals surface area contributed by atoms with Crippen molar-refractivity contribution in [1.82, 2.24) is 9.78 Å². The van der Waals surface area contributed by atoms with E-state index in [1.54, 1.807) is 41.3 Å². The van der Waals surface area contributed by atoms with Crippen molar-refractivity contribution in [3.05, 3.63) is 47.8 Å². The van der Waals surface area contributed by atoms with Crippen molar-refractivity contribution in [2.75, 3.05) is 18.3 Å². The molecule has 1 aromatic heterocycles. The Labute approximate surface area is 138 Å². The van der Waals surface area contributed by atoms with Gasteiger partial charge in [-0.15, -0.1) is 11.6 Å². The van der Waals surface area contributed by atoms with Crippen LogP contribution in [0.4, 0.5) is 5.69 Å². The number of carbonyl (C=O) groups is 1. The molecule has 2 aromatic rings. The number of halogens is 1. The van der Waals surface area contributed by atoms with Gasteiger partial charge < -0.3 is 10.1 Å². The average Bonchev–Trinajstić information content (AvgIpc) is 3.00. The molecule has 6 nitrogen and oxygen atoms in total. The predicted octanol–water partition coefficient (Wildman–Crippen LogP) is 2.68. The van der Waals surface area contributed by atoms with Crippen molar-refractivity contribution in [2.24, 2.45) is 0 Å². The molecule has 0 radical (unpaired) electrons. The largest absolute Gasteiger partial charge is 0.495 e. The van der Waals surface area contributed by atoms with Crippen LogP contribution in [0, 0.1) is 11.3 Å². The van der Waals surface area contributed by atoms with E-state index in [-0.39, 0.29) is 5.57 Å². The molecule has 0 aliphatic rings. The number of nitrogens with one attached hydrogen (secondary N) is 1. The highest BCUT2D eigenvalue weighted by atomic mass is 35.5. The number of para-hydroxylation sites is 2. The molecule has 0 saturated heterocycles. The summed E-state index contributed by atoms with van der Waals surface area (Å²) in [5.41, 5.74) is 1.13. The number of ether oxygens (including phenoxy) is 1. The standard InChI is InChI=1S/C16H15ClN4O2/c1-23-15-5-3-2-4-14(15)20-16(22)13(9-18)8-12-10-19-21(11-12)7-6-17/h2-5,8,10-11H,6-7H2,1H3,(H,20,22)/b13-8-. The first-order valence-electron chi connectivity index (χ1n) is 6.82. The zero-order valence-corrected chi connectivity index (χ0v) is 13.2. The number of rotatable bonds is 6. The van der Waals surface area contributed by atoms with Gasteiger partial charge in [0.05, 0.1) is 25.5 Å². The first kappa shape index (κ1) is 16.6. The molecule has 0 aliphatic heterocycles. The summed E-state index contributed by atoms with van der Waals surface area (Å²) in [4.78, 5) is 12.2. The molecule has 23 heavy (non-hydrogen) atoms. The molecular weight excluding hydrogens is 316 g/mol. The highest BCUT2D eigenvalue weighted by molar-refractivity contribution is 6.17. The minimum absolute atomic E-state index is 0.0265. The smallest absolute Gasteiger partial charge is 0.266 e. The number of nitriles is 1. The van der Waals surface area contributed by atoms with Gasteiger partial charge in [-0.1, -0.05) is 12.1 Å². The first-order valence-corrected chi connectivity index (χ1v) is 7.36. The van der Waals surface area contributed by atoms with E-state index in [0.717, 1.165) is 0 Å². The number of carbonyl (C=O) groups excluding carboxylic acids is 1. The fourth-order valence-corrected chi connectivity index (χ4v) is 2.09. The number of nitrogens with zero attached hydrogens (tertiary/aromatic N) is 3. The molecule has 0 spiro atoms. The SMILES string of the molecule is COc1ccccc1NC(=O)/C(C#N)=C\c1cnn(CCCl)c1. The first-order chi connectivity index (χ1) is 11.2. The maximum absolute atomic E-state index is 12.2. The maximum Gasteiger partial charge on any atom is 0.266 e. The van der Waals surface area contributed by atoms with Crippen molar-refractivity contribution in [2.45, 2.75) is 6.54 Å². The van der Waals surface area contributed by atoms with Crippen molar-refractivity contribution < 1.29 is 9.53 Å². The predicted molar refractivity (Wildman–Crippen MR) is 88.2 cm³/mol. The molecule has 0 unspecified atom stereocenters. The Balaban J connectivity index is 2.17. The Morgan fingerprint density at radius 2 is 2.30 bits per heavy atom. The van der Waals surface area contributed by atoms with E-state index in [1.807, 2.05) is 6.07 Å². The van der Waals surface area contributed by atoms with Gasteiger partial charge in [0.15, 0.2) is 0 Å². The number of hydrogen-bond donors (Lipinski definition) is 1. The van der Waals surface area contributed by atoms with Gasteiger partial charge in [0.2, 0.25) is 0 Å². The third-order valence-electron chi connectivity index (χ3n) is 3.00. The Hall–Kier alpha value is -2.78. The van der Waals surface area contributed by atoms with Crippen molar-refractivity contribution in [3.63, 3.8) is 0 Å². The normalized spacial score (nSPS) is 10.9. The Morgan fingerprint density at radius 3 is 3.00 bits per heavy atom. The molecule has 1 amide bonds. The van der Waals surface area contributed by atoms with Gasteiger partial charge in [-0.25, -0.2) is 0 Å². The second-order valence-corrected chi connectivity index (χ2v) is 4.93. The second kappa shape index (κ2) is 8.01. The van der Waals surface area contributed by atoms with Crippen LogP contribution < -0.4 is 10.1 Å². The van der Waals surface area contributed by atoms with Gasteiger partial charge >= 0.3 is 0 Å². The maximum atomic E-state index is 12.2. The lowest BCUT2D eigenvalue weighted by Crippen LogP contribution is -2.14. The fraction of sp³-hybridized carbons (Fsp3) is 0.188. The lowest BCUT2D eigenvalue weighted by atomic mass is 10.2. The van der Waals surface area contributed by atoms with Crippen LogP contribution in [-0.2, 0) is 11.3 Å². The number of anilines is 1. The van der Waals surface area contributed by atoms with Gasteiger partial charge in [-0.2, -0.15) is 10.4 Å². The molecule has 0 aliphatic carbocycles. The summed E-state index contributed by atoms with van der Waals surface area (Å²) in [7, 11) is 1.51. The van der Waals surface area contributed by atoms with E-state index in [2.05, 4.69) is 10.4 Å². The van der Waals surface area contributed by atoms with E-state index >= 15 is 0 Å². The topological polar surface area (TPSA) is 79.9 Å². The minimum atomic E-state index is -0.512. The highest BCUT2D eigenvalue weighted by Gasteiger charge is 2.12. The number of aryl methyl sites for hydroxylation is 1. The average molecular weight is 331 g/mol. The van der Waals surface area contributed by atoms with Crippen LogP contribution in [0.15, 0.2) is 42.2 Å². The molecule has 1 heterocycles. The van der Waals surface area contributed by atoms with Crippen LogP contribution in [0.3, 0.4) is 0 Å². The molecule has 1 aromatic carbocycles. The number of hydrogen-bond acceptors (Lipinski definition) is 4. The highest BCUT2D eigenvalue weighted by Crippen LogP contribution is 2.23. The zero-order chi connectivity index (χ0) is 16.7. The third-order valence-corrected chi connectivity index (χ3v) is 3.17. The zero-order valence-electron chi connectivity index (χ0n) is 12.5. The lowest BCUT2D eigenvalue weighted by Gasteiger charge is -2.08. The number of aromatic nitrogens is 2. The number of methoxy groups -OCH3 is 1. The van der Waals surface area contributed by atoms with E-state index < -0.39 is 5.91 Å². The van der Waals surface area contributed by atoms with Crippen LogP contribution in [0.1, 0.15) is 5.56 Å². The summed E-state index contributed by atoms with van der Waals surface area (Å²) < 4.78 is 6.81. The molecule has 0 bridgehead atoms. The quantitative estimate of drug-likeness (QED) is 0.501. The van der Waals surface area contributed by atoms with Gasteiger partial charge in [0.1, 0.15) is 17.4 Å². The Bertz CT molecular complexity index is 761. The number of amides is 1. The van der Waals surface area contributed by atoms with Crippen LogP contribution in [0.2, 0.25) is 0 Å². The van der Waals surface area contributed by atoms with Crippen molar-refractivity contribution >= 4 is 29.3 Å². The summed E-state index contributed by atoms with van der Waals surface area (Å²) in [6.07, 6.45) is 4.76. The molecule has 2 rings (SSSR count). The Morgan fingerprint density at radius 1 is 1.52 bits per heavy atom. The van der Waals surface area contributed by atoms with Gasteiger partial charge in [-0.3, -0.25) is 9.48 Å². The molecule has 0 saturated carbocycles. The monoisotopic (exact) mass is 330 g/mol. The van der Waals surface area contributed by atoms with Crippen molar-refractivity contribution in [1.29, 1.82) is 5.26 Å². The van der Waals surface area contributed by atoms with Crippen LogP contribution in [0.5, 0.6) is 5.75 Å². The van der Waals surface area contributed by atoms with Crippen LogP contribution >= 0.6 is 11.6 Å². The molecular formula is C16H15ClN4O2. The van der Waals surface area contributed by atoms with Gasteiger partial charge in [0.25, 0.3) is 5.91 Å². The fourth-order valence-electron chi connectivity index (χ4n) is 1.92. The van der Waals surface area contributed by atoms with Crippen molar-refractivity contribution in [3.8, 4) is 11.8 Å². The number of alkyl halides is 1. The summed E-state index contributed by atoms with van der Waals surface area (Å²) in [5.74, 6) is 0.444. The van der Waals surface area contributed by atoms with E-state index in [9.17, 15) is 10.1 Å². The molecule has 118 valence electrons. The Kier molecular flexibility index (Phi) is 5.78. The molecule has 0 atom stereocenters. The van der Waals surface area contributed by atoms with Crippen LogP contribution in [0.25, 0.3) is 6.08 Å². The minimum Gasteiger partial charge on any atom is -0.495 e. The summed E-state index contributed by atoms with van der Waals surface area (Å²) in [6, 6.07) is 8.88. The third kappa shape index (κ3) is 4.34. The summed E-state index contributed by atoms with van der Waals surface area (Å²) >= 11 is 5.64. The number of benzene rings is 1. The van der Waals surface area contributed by atoms with E-state index in [4.69, 9.17) is 16.3 Å². The van der Waals surface area contributed by atoms with Gasteiger partial charge in [0, 0.05) is 17.6 Å². The second-order valence-electron chi connectivity index (χ2n) is 4.55. The van der Waals surface area contributed by atoms with Gasteiger partial charge in [-0.05, 0) is 18.2 Å². The molecule has 7 heteroatoms. The van der Waals surface area contributed by atoms with E-state index in [0.29, 0.717) is 29.4 Å². The molecule has 1 N–H and O–H groups in total. The molecule has 0 fully saturated rings. The van der Waals surface area contributed by atoms with Crippen LogP contribution in [-0.4, -0.2) is 28.7 Å². The summed E-state index contributed by atoms with van der Waals surface area (Å²) in [6.45, 7) is 0.560. The summed E-state index contributed by atoms with van der Waals surface area (Å²) in [5, 5.41) is 16.0. The van der Waals surface area contributed by atoms with E-state index in [1.165, 1.54) is 13.2 Å². The lowest BCUT2D eigenvalue weighted by molar-refractivity contribution is -0.112.